The van der Waals surface area contributed by atoms with Crippen LogP contribution < -0.4 is 4.74 Å². The number of aromatic nitrogens is 3. The minimum absolute atomic E-state index is 0.0402. The molecule has 3 rings (SSSR count). The minimum Gasteiger partial charge on any atom is -0.481 e. The number of aliphatic carboxylic acids is 1. The Morgan fingerprint density at radius 2 is 2.20 bits per heavy atom. The predicted octanol–water partition coefficient (Wildman–Crippen LogP) is 2.15. The lowest BCUT2D eigenvalue weighted by Crippen LogP contribution is -2.00. The van der Waals surface area contributed by atoms with Gasteiger partial charge in [-0.1, -0.05) is 12.1 Å². The molecule has 6 nitrogen and oxygen atoms in total. The van der Waals surface area contributed by atoms with Gasteiger partial charge in [-0.05, 0) is 23.8 Å². The molecule has 3 aromatic rings. The summed E-state index contributed by atoms with van der Waals surface area (Å²) in [4.78, 5) is 14.9. The van der Waals surface area contributed by atoms with Crippen LogP contribution in [0.1, 0.15) is 5.56 Å². The van der Waals surface area contributed by atoms with Crippen molar-refractivity contribution in [2.45, 2.75) is 6.42 Å². The molecule has 0 amide bonds. The van der Waals surface area contributed by atoms with Crippen LogP contribution in [0.3, 0.4) is 0 Å². The molecule has 2 heterocycles. The molecule has 0 spiro atoms. The maximum atomic E-state index is 10.7. The van der Waals surface area contributed by atoms with Gasteiger partial charge < -0.3 is 9.84 Å². The van der Waals surface area contributed by atoms with Crippen molar-refractivity contribution < 1.29 is 14.6 Å². The first kappa shape index (κ1) is 12.2. The summed E-state index contributed by atoms with van der Waals surface area (Å²) in [5.74, 6) is 0.0983. The van der Waals surface area contributed by atoms with Crippen molar-refractivity contribution in [2.24, 2.45) is 0 Å². The fraction of sp³-hybridized carbons (Fsp3) is 0.0714. The first-order valence-corrected chi connectivity index (χ1v) is 5.99. The Kier molecular flexibility index (Phi) is 3.04. The summed E-state index contributed by atoms with van der Waals surface area (Å²) in [6.45, 7) is 0. The second-order valence-electron chi connectivity index (χ2n) is 4.21. The van der Waals surface area contributed by atoms with Gasteiger partial charge in [0.25, 0.3) is 0 Å². The summed E-state index contributed by atoms with van der Waals surface area (Å²) in [5, 5.41) is 12.9. The van der Waals surface area contributed by atoms with Crippen LogP contribution >= 0.6 is 0 Å². The number of benzene rings is 1. The average molecular weight is 269 g/mol. The number of ether oxygens (including phenoxy) is 1. The lowest BCUT2D eigenvalue weighted by molar-refractivity contribution is -0.136. The van der Waals surface area contributed by atoms with Gasteiger partial charge in [0.1, 0.15) is 11.3 Å². The molecular formula is C14H11N3O3. The van der Waals surface area contributed by atoms with E-state index in [1.54, 1.807) is 53.4 Å². The zero-order valence-electron chi connectivity index (χ0n) is 10.4. The van der Waals surface area contributed by atoms with Gasteiger partial charge in [0.2, 0.25) is 5.88 Å². The van der Waals surface area contributed by atoms with E-state index >= 15 is 0 Å². The smallest absolute Gasteiger partial charge is 0.307 e. The van der Waals surface area contributed by atoms with Crippen LogP contribution in [0.4, 0.5) is 0 Å². The molecule has 0 aliphatic rings. The second kappa shape index (κ2) is 5.00. The molecule has 1 N–H and O–H groups in total. The van der Waals surface area contributed by atoms with Crippen LogP contribution in [-0.2, 0) is 11.2 Å². The average Bonchev–Trinajstić information content (AvgIpc) is 2.88. The molecular weight excluding hydrogens is 258 g/mol. The van der Waals surface area contributed by atoms with Gasteiger partial charge >= 0.3 is 5.97 Å². The van der Waals surface area contributed by atoms with E-state index in [1.807, 2.05) is 0 Å². The van der Waals surface area contributed by atoms with E-state index in [4.69, 9.17) is 9.84 Å². The molecule has 0 atom stereocenters. The molecule has 1 aromatic carbocycles. The highest BCUT2D eigenvalue weighted by molar-refractivity contribution is 5.70. The Bertz CT molecular complexity index is 767. The Hall–Kier alpha value is -2.89. The fourth-order valence-electron chi connectivity index (χ4n) is 1.92. The summed E-state index contributed by atoms with van der Waals surface area (Å²) in [6, 6.07) is 8.74. The number of carboxylic acid groups (broad SMARTS) is 1. The quantitative estimate of drug-likeness (QED) is 0.785. The third kappa shape index (κ3) is 2.44. The summed E-state index contributed by atoms with van der Waals surface area (Å²) < 4.78 is 7.36. The lowest BCUT2D eigenvalue weighted by atomic mass is 10.1. The molecule has 0 fully saturated rings. The normalized spacial score (nSPS) is 10.6. The number of hydrogen-bond donors (Lipinski definition) is 1. The lowest BCUT2D eigenvalue weighted by Gasteiger charge is -2.07. The maximum Gasteiger partial charge on any atom is 0.307 e. The van der Waals surface area contributed by atoms with Crippen molar-refractivity contribution in [3.63, 3.8) is 0 Å². The van der Waals surface area contributed by atoms with Gasteiger partial charge in [-0.3, -0.25) is 4.79 Å². The van der Waals surface area contributed by atoms with Gasteiger partial charge in [0.05, 0.1) is 12.6 Å². The number of carboxylic acids is 1. The summed E-state index contributed by atoms with van der Waals surface area (Å²) >= 11 is 0. The van der Waals surface area contributed by atoms with Crippen LogP contribution in [-0.4, -0.2) is 25.7 Å². The summed E-state index contributed by atoms with van der Waals surface area (Å²) in [7, 11) is 0. The third-order valence-corrected chi connectivity index (χ3v) is 2.76. The number of hydrogen-bond acceptors (Lipinski definition) is 4. The third-order valence-electron chi connectivity index (χ3n) is 2.76. The maximum absolute atomic E-state index is 10.7. The van der Waals surface area contributed by atoms with E-state index in [0.717, 1.165) is 5.52 Å². The molecule has 100 valence electrons. The van der Waals surface area contributed by atoms with E-state index < -0.39 is 5.97 Å². The van der Waals surface area contributed by atoms with E-state index in [1.165, 1.54) is 0 Å². The van der Waals surface area contributed by atoms with Crippen molar-refractivity contribution in [2.75, 3.05) is 0 Å². The van der Waals surface area contributed by atoms with Gasteiger partial charge in [-0.15, -0.1) is 0 Å². The Balaban J connectivity index is 1.91. The molecule has 0 radical (unpaired) electrons. The molecule has 0 bridgehead atoms. The van der Waals surface area contributed by atoms with Crippen LogP contribution in [0.2, 0.25) is 0 Å². The highest BCUT2D eigenvalue weighted by Crippen LogP contribution is 2.24. The Morgan fingerprint density at radius 3 is 3.05 bits per heavy atom. The standard InChI is InChI=1S/C14H11N3O3/c18-13(19)9-10-2-1-3-11(8-10)20-14-12-4-5-16-17(12)7-6-15-14/h1-8H,9H2,(H,18,19). The van der Waals surface area contributed by atoms with Crippen molar-refractivity contribution >= 4 is 11.5 Å². The van der Waals surface area contributed by atoms with Crippen molar-refractivity contribution in [1.29, 1.82) is 0 Å². The number of nitrogens with zero attached hydrogens (tertiary/aromatic N) is 3. The fourth-order valence-corrected chi connectivity index (χ4v) is 1.92. The number of rotatable bonds is 4. The molecule has 6 heteroatoms. The first-order chi connectivity index (χ1) is 9.72. The minimum atomic E-state index is -0.877. The van der Waals surface area contributed by atoms with Crippen molar-refractivity contribution in [1.82, 2.24) is 14.6 Å². The van der Waals surface area contributed by atoms with Gasteiger partial charge in [0, 0.05) is 12.4 Å². The van der Waals surface area contributed by atoms with Crippen LogP contribution in [0, 0.1) is 0 Å². The van der Waals surface area contributed by atoms with Crippen LogP contribution in [0.5, 0.6) is 11.6 Å². The van der Waals surface area contributed by atoms with Gasteiger partial charge in [0.15, 0.2) is 0 Å². The molecule has 0 unspecified atom stereocenters. The second-order valence-corrected chi connectivity index (χ2v) is 4.21. The van der Waals surface area contributed by atoms with E-state index in [2.05, 4.69) is 10.1 Å². The monoisotopic (exact) mass is 269 g/mol. The zero-order valence-corrected chi connectivity index (χ0v) is 10.4. The molecule has 2 aromatic heterocycles. The summed E-state index contributed by atoms with van der Waals surface area (Å²) in [6.07, 6.45) is 4.94. The van der Waals surface area contributed by atoms with E-state index in [0.29, 0.717) is 17.2 Å². The topological polar surface area (TPSA) is 76.7 Å². The zero-order chi connectivity index (χ0) is 13.9. The van der Waals surface area contributed by atoms with Gasteiger partial charge in [-0.25, -0.2) is 9.50 Å². The summed E-state index contributed by atoms with van der Waals surface area (Å²) in [5.41, 5.74) is 1.42. The highest BCUT2D eigenvalue weighted by Gasteiger charge is 2.07. The molecule has 0 aliphatic heterocycles. The molecule has 0 saturated carbocycles. The van der Waals surface area contributed by atoms with Crippen LogP contribution in [0.15, 0.2) is 48.9 Å². The van der Waals surface area contributed by atoms with E-state index in [-0.39, 0.29) is 6.42 Å². The van der Waals surface area contributed by atoms with E-state index in [9.17, 15) is 4.79 Å². The molecule has 0 saturated heterocycles. The first-order valence-electron chi connectivity index (χ1n) is 5.99. The van der Waals surface area contributed by atoms with Crippen LogP contribution in [0.25, 0.3) is 5.52 Å². The number of carbonyl (C=O) groups is 1. The largest absolute Gasteiger partial charge is 0.481 e. The Morgan fingerprint density at radius 1 is 1.30 bits per heavy atom. The highest BCUT2D eigenvalue weighted by atomic mass is 16.5. The molecule has 20 heavy (non-hydrogen) atoms. The predicted molar refractivity (Wildman–Crippen MR) is 70.8 cm³/mol. The van der Waals surface area contributed by atoms with Gasteiger partial charge in [-0.2, -0.15) is 5.10 Å². The Labute approximate surface area is 114 Å². The van der Waals surface area contributed by atoms with Crippen molar-refractivity contribution in [3.05, 3.63) is 54.5 Å². The molecule has 0 aliphatic carbocycles. The number of fused-ring (bicyclic) bond motifs is 1. The van der Waals surface area contributed by atoms with Crippen molar-refractivity contribution in [3.8, 4) is 11.6 Å². The SMILES string of the molecule is O=C(O)Cc1cccc(Oc2nccn3nccc23)c1.